The van der Waals surface area contributed by atoms with Crippen molar-refractivity contribution < 1.29 is 24.4 Å². The van der Waals surface area contributed by atoms with E-state index in [1.54, 1.807) is 42.7 Å². The highest BCUT2D eigenvalue weighted by Gasteiger charge is 2.46. The van der Waals surface area contributed by atoms with Crippen molar-refractivity contribution in [3.8, 4) is 5.75 Å². The summed E-state index contributed by atoms with van der Waals surface area (Å²) in [6.07, 6.45) is 3.86. The molecule has 0 spiro atoms. The smallest absolute Gasteiger partial charge is 0.295 e. The second kappa shape index (κ2) is 8.68. The number of nitro benzene ring substituents is 1. The molecular weight excluding hydrogens is 450 g/mol. The van der Waals surface area contributed by atoms with Gasteiger partial charge in [-0.2, -0.15) is 0 Å². The lowest BCUT2D eigenvalue weighted by Gasteiger charge is -2.25. The molecule has 35 heavy (non-hydrogen) atoms. The molecule has 0 saturated carbocycles. The third kappa shape index (κ3) is 4.01. The Morgan fingerprint density at radius 1 is 1.20 bits per heavy atom. The number of aromatic nitrogens is 1. The van der Waals surface area contributed by atoms with Gasteiger partial charge in [0.1, 0.15) is 17.6 Å². The molecule has 3 heterocycles. The van der Waals surface area contributed by atoms with E-state index in [1.807, 2.05) is 6.92 Å². The largest absolute Gasteiger partial charge is 0.507 e. The number of ketones is 1. The third-order valence-electron chi connectivity index (χ3n) is 6.20. The van der Waals surface area contributed by atoms with Crippen LogP contribution in [0.25, 0.3) is 5.76 Å². The van der Waals surface area contributed by atoms with Gasteiger partial charge in [-0.3, -0.25) is 24.7 Å². The molecule has 2 aromatic carbocycles. The van der Waals surface area contributed by atoms with E-state index in [1.165, 1.54) is 29.2 Å². The Balaban J connectivity index is 1.63. The standard InChI is InChI=1S/C26H21N3O6/c1-15-11-19-12-18(6-9-21(19)35-15)24(30)22-23(17-4-7-20(8-5-17)29(33)34)28(26(32)25(22)31)14-16-3-2-10-27-13-16/h2-10,12-13,15,23,30H,11,14H2,1H3/b24-22+. The number of nitrogens with zero attached hydrogens (tertiary/aromatic N) is 3. The van der Waals surface area contributed by atoms with Gasteiger partial charge in [0.15, 0.2) is 0 Å². The van der Waals surface area contributed by atoms with E-state index in [-0.39, 0.29) is 29.7 Å². The Morgan fingerprint density at radius 3 is 2.66 bits per heavy atom. The number of aliphatic hydroxyl groups is 1. The van der Waals surface area contributed by atoms with Gasteiger partial charge in [-0.05, 0) is 60.0 Å². The van der Waals surface area contributed by atoms with E-state index in [0.717, 1.165) is 11.3 Å². The van der Waals surface area contributed by atoms with Crippen LogP contribution in [0.5, 0.6) is 5.75 Å². The Hall–Kier alpha value is -4.53. The van der Waals surface area contributed by atoms with Crippen LogP contribution < -0.4 is 4.74 Å². The van der Waals surface area contributed by atoms with Crippen molar-refractivity contribution >= 4 is 23.1 Å². The summed E-state index contributed by atoms with van der Waals surface area (Å²) >= 11 is 0. The summed E-state index contributed by atoms with van der Waals surface area (Å²) in [5.74, 6) is -1.17. The lowest BCUT2D eigenvalue weighted by atomic mass is 9.94. The van der Waals surface area contributed by atoms with Crippen LogP contribution in [0.4, 0.5) is 5.69 Å². The molecule has 1 aromatic heterocycles. The SMILES string of the molecule is CC1Cc2cc(/C(O)=C3\C(=O)C(=O)N(Cc4cccnc4)C3c3ccc([N+](=O)[O-])cc3)ccc2O1. The van der Waals surface area contributed by atoms with Gasteiger partial charge < -0.3 is 14.7 Å². The predicted molar refractivity (Wildman–Crippen MR) is 125 cm³/mol. The first kappa shape index (κ1) is 22.3. The predicted octanol–water partition coefficient (Wildman–Crippen LogP) is 3.94. The molecule has 3 aromatic rings. The first-order valence-corrected chi connectivity index (χ1v) is 11.0. The summed E-state index contributed by atoms with van der Waals surface area (Å²) in [6.45, 7) is 2.02. The van der Waals surface area contributed by atoms with Crippen LogP contribution in [0.1, 0.15) is 35.2 Å². The number of Topliss-reactive ketones (excluding diaryl/α,β-unsaturated/α-hetero) is 1. The van der Waals surface area contributed by atoms with Crippen LogP contribution in [-0.4, -0.2) is 37.7 Å². The summed E-state index contributed by atoms with van der Waals surface area (Å²) in [4.78, 5) is 42.4. The van der Waals surface area contributed by atoms with E-state index >= 15 is 0 Å². The summed E-state index contributed by atoms with van der Waals surface area (Å²) in [5, 5.41) is 22.4. The number of aliphatic hydroxyl groups excluding tert-OH is 1. The van der Waals surface area contributed by atoms with Gasteiger partial charge in [0.05, 0.1) is 16.5 Å². The van der Waals surface area contributed by atoms with Crippen LogP contribution in [-0.2, 0) is 22.6 Å². The molecule has 2 aliphatic rings. The minimum atomic E-state index is -0.931. The van der Waals surface area contributed by atoms with Crippen LogP contribution in [0, 0.1) is 10.1 Å². The molecule has 1 amide bonds. The van der Waals surface area contributed by atoms with Crippen molar-refractivity contribution in [3.63, 3.8) is 0 Å². The molecule has 1 fully saturated rings. The number of fused-ring (bicyclic) bond motifs is 1. The number of amides is 1. The first-order chi connectivity index (χ1) is 16.8. The minimum Gasteiger partial charge on any atom is -0.507 e. The zero-order valence-corrected chi connectivity index (χ0v) is 18.7. The van der Waals surface area contributed by atoms with Gasteiger partial charge in [0, 0.05) is 43.1 Å². The third-order valence-corrected chi connectivity index (χ3v) is 6.20. The topological polar surface area (TPSA) is 123 Å². The van der Waals surface area contributed by atoms with Gasteiger partial charge in [-0.1, -0.05) is 6.07 Å². The number of rotatable bonds is 5. The molecule has 0 radical (unpaired) electrons. The lowest BCUT2D eigenvalue weighted by molar-refractivity contribution is -0.384. The van der Waals surface area contributed by atoms with Crippen LogP contribution in [0.3, 0.4) is 0 Å². The average molecular weight is 471 g/mol. The molecule has 2 atom stereocenters. The molecule has 9 nitrogen and oxygen atoms in total. The summed E-state index contributed by atoms with van der Waals surface area (Å²) in [7, 11) is 0. The zero-order chi connectivity index (χ0) is 24.7. The molecule has 1 N–H and O–H groups in total. The van der Waals surface area contributed by atoms with Gasteiger partial charge >= 0.3 is 0 Å². The number of benzene rings is 2. The number of pyridine rings is 1. The van der Waals surface area contributed by atoms with Crippen molar-refractivity contribution in [1.29, 1.82) is 0 Å². The fraction of sp³-hybridized carbons (Fsp3) is 0.192. The van der Waals surface area contributed by atoms with E-state index < -0.39 is 22.7 Å². The van der Waals surface area contributed by atoms with Gasteiger partial charge in [-0.15, -0.1) is 0 Å². The number of nitro groups is 1. The number of hydrogen-bond acceptors (Lipinski definition) is 7. The Morgan fingerprint density at radius 2 is 1.97 bits per heavy atom. The van der Waals surface area contributed by atoms with E-state index in [4.69, 9.17) is 4.74 Å². The number of hydrogen-bond donors (Lipinski definition) is 1. The monoisotopic (exact) mass is 471 g/mol. The Bertz CT molecular complexity index is 1370. The van der Waals surface area contributed by atoms with Crippen LogP contribution in [0.15, 0.2) is 72.6 Å². The number of ether oxygens (including phenoxy) is 1. The zero-order valence-electron chi connectivity index (χ0n) is 18.7. The van der Waals surface area contributed by atoms with Crippen molar-refractivity contribution in [3.05, 3.63) is 105 Å². The molecule has 0 aliphatic carbocycles. The molecule has 176 valence electrons. The maximum Gasteiger partial charge on any atom is 0.295 e. The molecule has 9 heteroatoms. The van der Waals surface area contributed by atoms with Crippen LogP contribution in [0.2, 0.25) is 0 Å². The van der Waals surface area contributed by atoms with Crippen molar-refractivity contribution in [2.45, 2.75) is 32.0 Å². The van der Waals surface area contributed by atoms with Gasteiger partial charge in [0.25, 0.3) is 17.4 Å². The maximum atomic E-state index is 13.2. The van der Waals surface area contributed by atoms with Crippen LogP contribution >= 0.6 is 0 Å². The summed E-state index contributed by atoms with van der Waals surface area (Å²) in [5.41, 5.74) is 2.28. The Labute approximate surface area is 200 Å². The lowest BCUT2D eigenvalue weighted by Crippen LogP contribution is -2.29. The number of carbonyl (C=O) groups is 2. The van der Waals surface area contributed by atoms with E-state index in [9.17, 15) is 24.8 Å². The summed E-state index contributed by atoms with van der Waals surface area (Å²) < 4.78 is 5.72. The highest BCUT2D eigenvalue weighted by molar-refractivity contribution is 6.46. The Kier molecular flexibility index (Phi) is 5.52. The fourth-order valence-corrected chi connectivity index (χ4v) is 4.58. The van der Waals surface area contributed by atoms with E-state index in [2.05, 4.69) is 4.98 Å². The average Bonchev–Trinajstić information content (AvgIpc) is 3.35. The van der Waals surface area contributed by atoms with Crippen molar-refractivity contribution in [2.24, 2.45) is 0 Å². The molecular formula is C26H21N3O6. The summed E-state index contributed by atoms with van der Waals surface area (Å²) in [6, 6.07) is 13.3. The fourth-order valence-electron chi connectivity index (χ4n) is 4.58. The number of likely N-dealkylation sites (tertiary alicyclic amines) is 1. The maximum absolute atomic E-state index is 13.2. The first-order valence-electron chi connectivity index (χ1n) is 11.0. The number of carbonyl (C=O) groups excluding carboxylic acids is 2. The van der Waals surface area contributed by atoms with Gasteiger partial charge in [-0.25, -0.2) is 0 Å². The number of non-ortho nitro benzene ring substituents is 1. The molecule has 0 bridgehead atoms. The van der Waals surface area contributed by atoms with Crippen molar-refractivity contribution in [1.82, 2.24) is 9.88 Å². The molecule has 2 unspecified atom stereocenters. The van der Waals surface area contributed by atoms with Gasteiger partial charge in [0.2, 0.25) is 0 Å². The molecule has 2 aliphatic heterocycles. The minimum absolute atomic E-state index is 0.00701. The molecule has 5 rings (SSSR count). The molecule has 1 saturated heterocycles. The second-order valence-corrected chi connectivity index (χ2v) is 8.59. The quantitative estimate of drug-likeness (QED) is 0.197. The highest BCUT2D eigenvalue weighted by Crippen LogP contribution is 2.41. The van der Waals surface area contributed by atoms with E-state index in [0.29, 0.717) is 23.1 Å². The normalized spacial score (nSPS) is 20.5. The highest BCUT2D eigenvalue weighted by atomic mass is 16.6. The van der Waals surface area contributed by atoms with Crippen molar-refractivity contribution in [2.75, 3.05) is 0 Å². The second-order valence-electron chi connectivity index (χ2n) is 8.59.